The number of hydrogen-bond donors (Lipinski definition) is 1. The molecule has 1 aromatic carbocycles. The van der Waals surface area contributed by atoms with Gasteiger partial charge in [-0.15, -0.1) is 13.2 Å². The average molecular weight is 277 g/mol. The number of carbonyl (C=O) groups excluding carboxylic acids is 1. The summed E-state index contributed by atoms with van der Waals surface area (Å²) in [6.07, 6.45) is -4.07. The summed E-state index contributed by atoms with van der Waals surface area (Å²) in [5, 5.41) is 2.62. The summed E-state index contributed by atoms with van der Waals surface area (Å²) in [6.45, 7) is 0.964. The molecule has 7 heteroatoms. The van der Waals surface area contributed by atoms with Crippen LogP contribution < -0.4 is 10.1 Å². The number of hydrogen-bond acceptors (Lipinski definition) is 3. The van der Waals surface area contributed by atoms with E-state index < -0.39 is 6.36 Å². The van der Waals surface area contributed by atoms with E-state index in [1.54, 1.807) is 7.11 Å². The molecule has 1 amide bonds. The molecular formula is C12H14F3NO3. The highest BCUT2D eigenvalue weighted by atomic mass is 19.4. The first-order valence-electron chi connectivity index (χ1n) is 5.55. The Hall–Kier alpha value is -1.76. The van der Waals surface area contributed by atoms with E-state index >= 15 is 0 Å². The maximum absolute atomic E-state index is 11.9. The molecular weight excluding hydrogens is 263 g/mol. The molecule has 0 aliphatic rings. The summed E-state index contributed by atoms with van der Waals surface area (Å²) >= 11 is 0. The lowest BCUT2D eigenvalue weighted by molar-refractivity contribution is -0.274. The summed E-state index contributed by atoms with van der Waals surface area (Å²) in [5.41, 5.74) is 0.270. The van der Waals surface area contributed by atoms with E-state index in [0.717, 1.165) is 12.1 Å². The first kappa shape index (κ1) is 15.3. The number of halogens is 3. The van der Waals surface area contributed by atoms with Gasteiger partial charge < -0.3 is 14.8 Å². The molecule has 0 aromatic heterocycles. The predicted molar refractivity (Wildman–Crippen MR) is 62.0 cm³/mol. The Morgan fingerprint density at radius 1 is 1.26 bits per heavy atom. The van der Waals surface area contributed by atoms with Gasteiger partial charge in [0.05, 0.1) is 0 Å². The third kappa shape index (κ3) is 6.10. The number of methoxy groups -OCH3 is 1. The molecule has 106 valence electrons. The maximum atomic E-state index is 11.9. The minimum Gasteiger partial charge on any atom is -0.406 e. The van der Waals surface area contributed by atoms with E-state index in [1.165, 1.54) is 12.1 Å². The second-order valence-electron chi connectivity index (χ2n) is 3.67. The lowest BCUT2D eigenvalue weighted by Gasteiger charge is -2.09. The Bertz CT molecular complexity index is 404. The van der Waals surface area contributed by atoms with Crippen molar-refractivity contribution in [3.63, 3.8) is 0 Å². The molecule has 0 unspecified atom stereocenters. The second kappa shape index (κ2) is 6.98. The molecule has 1 aromatic rings. The fourth-order valence-corrected chi connectivity index (χ4v) is 1.33. The quantitative estimate of drug-likeness (QED) is 0.812. The van der Waals surface area contributed by atoms with Crippen molar-refractivity contribution < 1.29 is 27.4 Å². The largest absolute Gasteiger partial charge is 0.573 e. The van der Waals surface area contributed by atoms with Crippen molar-refractivity contribution in [2.75, 3.05) is 20.3 Å². The van der Waals surface area contributed by atoms with Gasteiger partial charge in [0.25, 0.3) is 5.91 Å². The second-order valence-corrected chi connectivity index (χ2v) is 3.67. The van der Waals surface area contributed by atoms with Gasteiger partial charge >= 0.3 is 6.36 Å². The summed E-state index contributed by atoms with van der Waals surface area (Å²) in [5.74, 6) is -0.710. The van der Waals surface area contributed by atoms with Gasteiger partial charge in [-0.2, -0.15) is 0 Å². The van der Waals surface area contributed by atoms with Gasteiger partial charge in [0.1, 0.15) is 5.75 Å². The Morgan fingerprint density at radius 3 is 2.42 bits per heavy atom. The van der Waals surface area contributed by atoms with Crippen LogP contribution >= 0.6 is 0 Å². The van der Waals surface area contributed by atoms with Gasteiger partial charge in [0.15, 0.2) is 0 Å². The minimum atomic E-state index is -4.73. The molecule has 0 fully saturated rings. The highest BCUT2D eigenvalue weighted by Gasteiger charge is 2.31. The van der Waals surface area contributed by atoms with Crippen LogP contribution in [0.3, 0.4) is 0 Å². The standard InChI is InChI=1S/C12H14F3NO3/c1-18-8-2-7-16-11(17)9-3-5-10(6-4-9)19-12(13,14)15/h3-6H,2,7-8H2,1H3,(H,16,17). The molecule has 0 saturated carbocycles. The minimum absolute atomic E-state index is 0.270. The lowest BCUT2D eigenvalue weighted by Crippen LogP contribution is -2.25. The molecule has 0 aliphatic carbocycles. The summed E-state index contributed by atoms with van der Waals surface area (Å²) in [6, 6.07) is 4.73. The zero-order valence-corrected chi connectivity index (χ0v) is 10.3. The van der Waals surface area contributed by atoms with E-state index in [1.807, 2.05) is 0 Å². The number of benzene rings is 1. The normalized spacial score (nSPS) is 11.2. The van der Waals surface area contributed by atoms with Crippen molar-refractivity contribution in [1.82, 2.24) is 5.32 Å². The number of alkyl halides is 3. The number of rotatable bonds is 6. The smallest absolute Gasteiger partial charge is 0.406 e. The van der Waals surface area contributed by atoms with Crippen molar-refractivity contribution >= 4 is 5.91 Å². The zero-order valence-electron chi connectivity index (χ0n) is 10.3. The van der Waals surface area contributed by atoms with Crippen LogP contribution in [-0.4, -0.2) is 32.5 Å². The third-order valence-corrected chi connectivity index (χ3v) is 2.16. The number of nitrogens with one attached hydrogen (secondary N) is 1. The van der Waals surface area contributed by atoms with Crippen LogP contribution in [0.1, 0.15) is 16.8 Å². The molecule has 0 radical (unpaired) electrons. The number of ether oxygens (including phenoxy) is 2. The molecule has 19 heavy (non-hydrogen) atoms. The first-order chi connectivity index (χ1) is 8.92. The van der Waals surface area contributed by atoms with Crippen LogP contribution in [0.25, 0.3) is 0 Å². The maximum Gasteiger partial charge on any atom is 0.573 e. The third-order valence-electron chi connectivity index (χ3n) is 2.16. The fraction of sp³-hybridized carbons (Fsp3) is 0.417. The summed E-state index contributed by atoms with van der Waals surface area (Å²) in [4.78, 5) is 11.6. The monoisotopic (exact) mass is 277 g/mol. The van der Waals surface area contributed by atoms with Crippen molar-refractivity contribution in [2.45, 2.75) is 12.8 Å². The van der Waals surface area contributed by atoms with E-state index in [9.17, 15) is 18.0 Å². The topological polar surface area (TPSA) is 47.6 Å². The molecule has 1 rings (SSSR count). The number of carbonyl (C=O) groups is 1. The average Bonchev–Trinajstić information content (AvgIpc) is 2.33. The highest BCUT2D eigenvalue weighted by molar-refractivity contribution is 5.94. The summed E-state index contributed by atoms with van der Waals surface area (Å²) < 4.78 is 44.3. The Morgan fingerprint density at radius 2 is 1.89 bits per heavy atom. The molecule has 0 atom stereocenters. The van der Waals surface area contributed by atoms with Gasteiger partial charge in [-0.05, 0) is 30.7 Å². The van der Waals surface area contributed by atoms with Crippen LogP contribution in [0.2, 0.25) is 0 Å². The molecule has 4 nitrogen and oxygen atoms in total. The van der Waals surface area contributed by atoms with E-state index in [2.05, 4.69) is 10.1 Å². The molecule has 0 aliphatic heterocycles. The van der Waals surface area contributed by atoms with Gasteiger partial charge in [0.2, 0.25) is 0 Å². The van der Waals surface area contributed by atoms with Crippen molar-refractivity contribution in [3.05, 3.63) is 29.8 Å². The zero-order chi connectivity index (χ0) is 14.3. The predicted octanol–water partition coefficient (Wildman–Crippen LogP) is 2.35. The Balaban J connectivity index is 2.49. The molecule has 0 heterocycles. The number of amides is 1. The van der Waals surface area contributed by atoms with Crippen LogP contribution in [0.5, 0.6) is 5.75 Å². The van der Waals surface area contributed by atoms with Gasteiger partial charge in [-0.25, -0.2) is 0 Å². The van der Waals surface area contributed by atoms with E-state index in [4.69, 9.17) is 4.74 Å². The SMILES string of the molecule is COCCCNC(=O)c1ccc(OC(F)(F)F)cc1. The van der Waals surface area contributed by atoms with Crippen LogP contribution in [-0.2, 0) is 4.74 Å². The van der Waals surface area contributed by atoms with Gasteiger partial charge in [-0.1, -0.05) is 0 Å². The Labute approximate surface area is 108 Å². The van der Waals surface area contributed by atoms with Gasteiger partial charge in [0, 0.05) is 25.8 Å². The molecule has 1 N–H and O–H groups in total. The van der Waals surface area contributed by atoms with Crippen LogP contribution in [0.15, 0.2) is 24.3 Å². The molecule has 0 saturated heterocycles. The summed E-state index contributed by atoms with van der Waals surface area (Å²) in [7, 11) is 1.56. The lowest BCUT2D eigenvalue weighted by atomic mass is 10.2. The van der Waals surface area contributed by atoms with Crippen LogP contribution in [0, 0.1) is 0 Å². The fourth-order valence-electron chi connectivity index (χ4n) is 1.33. The van der Waals surface area contributed by atoms with Gasteiger partial charge in [-0.3, -0.25) is 4.79 Å². The van der Waals surface area contributed by atoms with Crippen molar-refractivity contribution in [1.29, 1.82) is 0 Å². The Kier molecular flexibility index (Phi) is 5.62. The van der Waals surface area contributed by atoms with Crippen LogP contribution in [0.4, 0.5) is 13.2 Å². The van der Waals surface area contributed by atoms with Crippen molar-refractivity contribution in [2.24, 2.45) is 0 Å². The molecule has 0 spiro atoms. The highest BCUT2D eigenvalue weighted by Crippen LogP contribution is 2.22. The van der Waals surface area contributed by atoms with Crippen molar-refractivity contribution in [3.8, 4) is 5.75 Å². The molecule has 0 bridgehead atoms. The first-order valence-corrected chi connectivity index (χ1v) is 5.55. The van der Waals surface area contributed by atoms with E-state index in [-0.39, 0.29) is 17.2 Å². The van der Waals surface area contributed by atoms with E-state index in [0.29, 0.717) is 19.6 Å².